The standard InChI is InChI=1S/C68H61N4O2.Pt/c1-42-34-43(2)62(45-35-47(67(6,7)8)37-48(36-45)68(9,10)11)64(61(42)44-20-13-12-14-21-44)71-41-70(55-25-16-17-26-56(55)71)49-22-19-23-50(39-49)73-51-28-29-54-58(40-51)72(60-38-46(32-33-69-60)66(3,4)5)57-31-30-53-52-24-15-18-27-59(52)74-65(53)63(54)57;/h12-38,41H,1-11H3;/q-3;/i12D,13D,14D,20D,21D;. The molecule has 3 aromatic heterocycles. The molecule has 0 amide bonds. The number of hydrogen-bond acceptors (Lipinski definition) is 5. The number of rotatable bonds is 7. The molecule has 12 rings (SSSR count). The van der Waals surface area contributed by atoms with Gasteiger partial charge in [0.05, 0.1) is 6.85 Å². The summed E-state index contributed by atoms with van der Waals surface area (Å²) < 4.78 is 60.7. The van der Waals surface area contributed by atoms with Gasteiger partial charge in [0.25, 0.3) is 0 Å². The fourth-order valence-electron chi connectivity index (χ4n) is 10.6. The van der Waals surface area contributed by atoms with Crippen LogP contribution in [0.1, 0.15) is 97.0 Å². The van der Waals surface area contributed by atoms with Gasteiger partial charge in [-0.2, -0.15) is 12.1 Å². The number of aryl methyl sites for hydroxylation is 2. The maximum absolute atomic E-state index is 9.40. The molecule has 11 aromatic rings. The molecule has 0 radical (unpaired) electrons. The minimum Gasteiger partial charge on any atom is -0.509 e. The normalized spacial score (nSPS) is 14.0. The van der Waals surface area contributed by atoms with Crippen LogP contribution in [0.15, 0.2) is 168 Å². The van der Waals surface area contributed by atoms with Crippen LogP contribution in [0.2, 0.25) is 0 Å². The molecular weight excluding hydrogens is 1100 g/mol. The summed E-state index contributed by atoms with van der Waals surface area (Å²) in [7, 11) is 0. The van der Waals surface area contributed by atoms with E-state index < -0.39 is 6.04 Å². The SMILES string of the molecule is [2H]c1c([2H])c([2H])c(-c2c(C)cc(C)c(-c3cc(C(C)(C)C)cc(C(C)(C)C)c3)c2N2[CH-]N(c3[c-]c(Oc4[c-]c5c(cc4)c4c6oc7ccccc7c6ccc4n5-c4cc(C(C)(C)C)ccn4)ccc3)c3ccccc32)c([2H])c1[2H].[Pt]. The molecule has 0 bridgehead atoms. The number of nitrogens with zero attached hydrogens (tertiary/aromatic N) is 4. The summed E-state index contributed by atoms with van der Waals surface area (Å²) in [5.74, 6) is 1.71. The van der Waals surface area contributed by atoms with E-state index in [9.17, 15) is 2.74 Å². The second kappa shape index (κ2) is 18.5. The Labute approximate surface area is 462 Å². The predicted octanol–water partition coefficient (Wildman–Crippen LogP) is 18.7. The monoisotopic (exact) mass is 1170 g/mol. The van der Waals surface area contributed by atoms with Crippen LogP contribution in [0, 0.1) is 32.6 Å². The van der Waals surface area contributed by atoms with Crippen molar-refractivity contribution in [1.29, 1.82) is 0 Å². The van der Waals surface area contributed by atoms with Crippen molar-refractivity contribution in [3.63, 3.8) is 0 Å². The quantitative estimate of drug-likeness (QED) is 0.149. The summed E-state index contributed by atoms with van der Waals surface area (Å²) in [4.78, 5) is 9.13. The zero-order valence-corrected chi connectivity index (χ0v) is 46.5. The first kappa shape index (κ1) is 43.9. The Morgan fingerprint density at radius 1 is 0.587 bits per heavy atom. The van der Waals surface area contributed by atoms with Gasteiger partial charge in [-0.1, -0.05) is 158 Å². The number of anilines is 4. The molecule has 75 heavy (non-hydrogen) atoms. The largest absolute Gasteiger partial charge is 0.509 e. The average Bonchev–Trinajstić information content (AvgIpc) is 4.29. The van der Waals surface area contributed by atoms with Crippen molar-refractivity contribution >= 4 is 66.5 Å². The van der Waals surface area contributed by atoms with E-state index in [2.05, 4.69) is 169 Å². The number of hydrogen-bond donors (Lipinski definition) is 0. The zero-order valence-electron chi connectivity index (χ0n) is 49.2. The van der Waals surface area contributed by atoms with Gasteiger partial charge in [-0.15, -0.1) is 42.7 Å². The van der Waals surface area contributed by atoms with Gasteiger partial charge in [0, 0.05) is 83.2 Å². The number of para-hydroxylation sites is 3. The number of pyridine rings is 1. The fourth-order valence-corrected chi connectivity index (χ4v) is 10.6. The van der Waals surface area contributed by atoms with Gasteiger partial charge in [0.15, 0.2) is 0 Å². The molecule has 0 N–H and O–H groups in total. The van der Waals surface area contributed by atoms with E-state index >= 15 is 0 Å². The third-order valence-electron chi connectivity index (χ3n) is 14.5. The Bertz CT molecular complexity index is 4270. The van der Waals surface area contributed by atoms with E-state index in [1.54, 1.807) is 0 Å². The molecule has 6 nitrogen and oxygen atoms in total. The van der Waals surface area contributed by atoms with Crippen molar-refractivity contribution in [2.45, 2.75) is 92.4 Å². The van der Waals surface area contributed by atoms with Crippen molar-refractivity contribution in [1.82, 2.24) is 9.55 Å². The molecule has 7 heteroatoms. The molecule has 0 unspecified atom stereocenters. The molecule has 0 atom stereocenters. The molecule has 1 aliphatic rings. The topological polar surface area (TPSA) is 46.7 Å². The van der Waals surface area contributed by atoms with Gasteiger partial charge < -0.3 is 23.5 Å². The Kier molecular flexibility index (Phi) is 10.8. The van der Waals surface area contributed by atoms with Crippen LogP contribution < -0.4 is 14.5 Å². The Morgan fingerprint density at radius 3 is 1.93 bits per heavy atom. The average molecular weight is 1170 g/mol. The molecule has 1 aliphatic heterocycles. The van der Waals surface area contributed by atoms with Crippen LogP contribution in [-0.4, -0.2) is 9.55 Å². The zero-order chi connectivity index (χ0) is 55.8. The van der Waals surface area contributed by atoms with Crippen LogP contribution in [0.25, 0.3) is 71.8 Å². The van der Waals surface area contributed by atoms with Gasteiger partial charge in [0.1, 0.15) is 17.0 Å². The van der Waals surface area contributed by atoms with Crippen LogP contribution in [-0.2, 0) is 37.3 Å². The summed E-state index contributed by atoms with van der Waals surface area (Å²) in [5, 5.41) is 4.00. The number of benzene rings is 8. The number of ether oxygens (including phenoxy) is 1. The second-order valence-electron chi connectivity index (χ2n) is 22.8. The van der Waals surface area contributed by atoms with Crippen molar-refractivity contribution in [3.05, 3.63) is 210 Å². The van der Waals surface area contributed by atoms with Crippen LogP contribution in [0.5, 0.6) is 11.5 Å². The fraction of sp³-hybridized carbons (Fsp3) is 0.206. The van der Waals surface area contributed by atoms with Gasteiger partial charge in [-0.25, -0.2) is 4.98 Å². The molecule has 0 spiro atoms. The Hall–Kier alpha value is -7.40. The minimum atomic E-state index is -0.438. The van der Waals surface area contributed by atoms with Crippen molar-refractivity contribution < 1.29 is 37.1 Å². The molecule has 8 aromatic carbocycles. The second-order valence-corrected chi connectivity index (χ2v) is 22.8. The third-order valence-corrected chi connectivity index (χ3v) is 14.5. The Balaban J connectivity index is 0.00000675. The van der Waals surface area contributed by atoms with Crippen molar-refractivity contribution in [2.24, 2.45) is 0 Å². The molecule has 4 heterocycles. The van der Waals surface area contributed by atoms with Gasteiger partial charge >= 0.3 is 0 Å². The molecule has 0 saturated heterocycles. The van der Waals surface area contributed by atoms with Crippen LogP contribution in [0.3, 0.4) is 0 Å². The number of fused-ring (bicyclic) bond motifs is 8. The summed E-state index contributed by atoms with van der Waals surface area (Å²) >= 11 is 0. The number of aromatic nitrogens is 2. The predicted molar refractivity (Wildman–Crippen MR) is 308 cm³/mol. The van der Waals surface area contributed by atoms with Gasteiger partial charge in [-0.05, 0) is 117 Å². The molecule has 0 saturated carbocycles. The maximum Gasteiger partial charge on any atom is 0.135 e. The maximum atomic E-state index is 9.40. The summed E-state index contributed by atoms with van der Waals surface area (Å²) in [6, 6.07) is 49.0. The molecule has 0 fully saturated rings. The number of furan rings is 1. The van der Waals surface area contributed by atoms with Crippen LogP contribution in [0.4, 0.5) is 22.7 Å². The summed E-state index contributed by atoms with van der Waals surface area (Å²) in [6.45, 7) is 26.0. The van der Waals surface area contributed by atoms with E-state index in [0.717, 1.165) is 99.9 Å². The smallest absolute Gasteiger partial charge is 0.135 e. The third kappa shape index (κ3) is 8.71. The first-order valence-corrected chi connectivity index (χ1v) is 25.4. The van der Waals surface area contributed by atoms with E-state index in [1.807, 2.05) is 74.4 Å². The molecule has 0 aliphatic carbocycles. The van der Waals surface area contributed by atoms with Crippen LogP contribution >= 0.6 is 0 Å². The Morgan fingerprint density at radius 2 is 1.23 bits per heavy atom. The molecule has 378 valence electrons. The van der Waals surface area contributed by atoms with E-state index in [0.29, 0.717) is 28.4 Å². The van der Waals surface area contributed by atoms with Gasteiger partial charge in [0.2, 0.25) is 0 Å². The first-order valence-electron chi connectivity index (χ1n) is 27.9. The van der Waals surface area contributed by atoms with Gasteiger partial charge in [-0.3, -0.25) is 0 Å². The van der Waals surface area contributed by atoms with E-state index in [4.69, 9.17) is 18.3 Å². The van der Waals surface area contributed by atoms with E-state index in [1.165, 1.54) is 0 Å². The summed E-state index contributed by atoms with van der Waals surface area (Å²) in [6.07, 6.45) is 1.87. The van der Waals surface area contributed by atoms with E-state index in [-0.39, 0.29) is 67.0 Å². The molecular formula is C68H61N4O2Pt-3. The minimum absolute atomic E-state index is 0. The first-order chi connectivity index (χ1) is 37.5. The van der Waals surface area contributed by atoms with Crippen molar-refractivity contribution in [3.8, 4) is 39.6 Å². The van der Waals surface area contributed by atoms with Crippen molar-refractivity contribution in [2.75, 3.05) is 9.80 Å². The summed E-state index contributed by atoms with van der Waals surface area (Å²) in [5.41, 5.74) is 13.7.